The van der Waals surface area contributed by atoms with Gasteiger partial charge in [0.2, 0.25) is 0 Å². The van der Waals surface area contributed by atoms with Crippen LogP contribution in [0.4, 0.5) is 0 Å². The van der Waals surface area contributed by atoms with Gasteiger partial charge in [-0.15, -0.1) is 0 Å². The van der Waals surface area contributed by atoms with Gasteiger partial charge in [-0.2, -0.15) is 0 Å². The molecule has 2 N–H and O–H groups in total. The molecule has 0 aliphatic heterocycles. The van der Waals surface area contributed by atoms with Gasteiger partial charge in [0.15, 0.2) is 11.5 Å². The van der Waals surface area contributed by atoms with E-state index in [0.29, 0.717) is 0 Å². The lowest BCUT2D eigenvalue weighted by Gasteiger charge is -2.08. The van der Waals surface area contributed by atoms with Crippen molar-refractivity contribution in [1.29, 1.82) is 0 Å². The van der Waals surface area contributed by atoms with Gasteiger partial charge in [-0.3, -0.25) is 0 Å². The molecule has 84 valence electrons. The van der Waals surface area contributed by atoms with Crippen molar-refractivity contribution in [2.45, 2.75) is 26.2 Å². The lowest BCUT2D eigenvalue weighted by Crippen LogP contribution is -1.87. The summed E-state index contributed by atoms with van der Waals surface area (Å²) in [5, 5.41) is 21.0. The minimum Gasteiger partial charge on any atom is -0.504 e. The molecule has 2 rings (SSSR count). The molecule has 2 aromatic rings. The van der Waals surface area contributed by atoms with Crippen LogP contribution in [-0.2, 0) is 6.42 Å². The van der Waals surface area contributed by atoms with Gasteiger partial charge in [-0.1, -0.05) is 37.6 Å². The van der Waals surface area contributed by atoms with E-state index in [9.17, 15) is 10.2 Å². The zero-order valence-electron chi connectivity index (χ0n) is 9.40. The summed E-state index contributed by atoms with van der Waals surface area (Å²) in [6.07, 6.45) is 3.30. The van der Waals surface area contributed by atoms with Gasteiger partial charge in [0.25, 0.3) is 0 Å². The smallest absolute Gasteiger partial charge is 0.165 e. The molecule has 0 heterocycles. The van der Waals surface area contributed by atoms with E-state index in [1.165, 1.54) is 5.56 Å². The lowest BCUT2D eigenvalue weighted by atomic mass is 9.99. The van der Waals surface area contributed by atoms with Crippen LogP contribution >= 0.6 is 0 Å². The van der Waals surface area contributed by atoms with Gasteiger partial charge in [0, 0.05) is 5.39 Å². The number of aromatic hydroxyl groups is 2. The van der Waals surface area contributed by atoms with Gasteiger partial charge in [-0.25, -0.2) is 0 Å². The van der Waals surface area contributed by atoms with E-state index in [0.717, 1.165) is 30.0 Å². The lowest BCUT2D eigenvalue weighted by molar-refractivity contribution is 0.408. The minimum atomic E-state index is -0.0554. The number of phenols is 2. The first-order valence-corrected chi connectivity index (χ1v) is 5.66. The van der Waals surface area contributed by atoms with E-state index >= 15 is 0 Å². The predicted molar refractivity (Wildman–Crippen MR) is 65.9 cm³/mol. The van der Waals surface area contributed by atoms with E-state index < -0.39 is 0 Å². The third kappa shape index (κ3) is 1.83. The number of phenolic OH excluding ortho intramolecular Hbond substituents is 2. The first kappa shape index (κ1) is 10.8. The van der Waals surface area contributed by atoms with Crippen LogP contribution in [0.1, 0.15) is 25.3 Å². The van der Waals surface area contributed by atoms with Crippen molar-refractivity contribution in [1.82, 2.24) is 0 Å². The third-order valence-corrected chi connectivity index (χ3v) is 2.90. The molecule has 0 spiro atoms. The number of rotatable bonds is 3. The first-order valence-electron chi connectivity index (χ1n) is 5.66. The fraction of sp³-hybridized carbons (Fsp3) is 0.286. The summed E-state index contributed by atoms with van der Waals surface area (Å²) >= 11 is 0. The van der Waals surface area contributed by atoms with Crippen molar-refractivity contribution in [3.63, 3.8) is 0 Å². The monoisotopic (exact) mass is 216 g/mol. The zero-order chi connectivity index (χ0) is 11.5. The Hall–Kier alpha value is -1.70. The van der Waals surface area contributed by atoms with Gasteiger partial charge in [0.1, 0.15) is 0 Å². The van der Waals surface area contributed by atoms with E-state index in [-0.39, 0.29) is 11.5 Å². The Bertz CT molecular complexity index is 503. The van der Waals surface area contributed by atoms with Gasteiger partial charge in [0.05, 0.1) is 0 Å². The zero-order valence-corrected chi connectivity index (χ0v) is 9.40. The van der Waals surface area contributed by atoms with Crippen molar-refractivity contribution < 1.29 is 10.2 Å². The van der Waals surface area contributed by atoms with Crippen LogP contribution in [0, 0.1) is 0 Å². The molecule has 0 aliphatic rings. The maximum absolute atomic E-state index is 9.76. The Morgan fingerprint density at radius 1 is 1.00 bits per heavy atom. The average Bonchev–Trinajstić information content (AvgIpc) is 2.31. The van der Waals surface area contributed by atoms with Crippen LogP contribution in [0.5, 0.6) is 11.5 Å². The Morgan fingerprint density at radius 3 is 2.56 bits per heavy atom. The molecule has 0 fully saturated rings. The van der Waals surface area contributed by atoms with E-state index in [2.05, 4.69) is 13.0 Å². The molecule has 0 saturated heterocycles. The summed E-state index contributed by atoms with van der Waals surface area (Å²) < 4.78 is 0. The quantitative estimate of drug-likeness (QED) is 0.770. The Labute approximate surface area is 95.2 Å². The van der Waals surface area contributed by atoms with Crippen LogP contribution in [0.25, 0.3) is 10.8 Å². The van der Waals surface area contributed by atoms with E-state index in [1.54, 1.807) is 6.07 Å². The molecule has 0 unspecified atom stereocenters. The van der Waals surface area contributed by atoms with Gasteiger partial charge in [-0.05, 0) is 29.9 Å². The molecular weight excluding hydrogens is 200 g/mol. The highest BCUT2D eigenvalue weighted by atomic mass is 16.3. The van der Waals surface area contributed by atoms with Crippen LogP contribution in [0.15, 0.2) is 30.3 Å². The third-order valence-electron chi connectivity index (χ3n) is 2.90. The number of hydrogen-bond acceptors (Lipinski definition) is 2. The normalized spacial score (nSPS) is 10.8. The van der Waals surface area contributed by atoms with Crippen LogP contribution in [0.2, 0.25) is 0 Å². The highest BCUT2D eigenvalue weighted by molar-refractivity contribution is 5.92. The Balaban J connectivity index is 2.56. The molecule has 0 amide bonds. The van der Waals surface area contributed by atoms with Crippen LogP contribution in [-0.4, -0.2) is 10.2 Å². The maximum Gasteiger partial charge on any atom is 0.165 e. The molecule has 0 saturated carbocycles. The molecule has 0 aliphatic carbocycles. The second-order valence-corrected chi connectivity index (χ2v) is 4.05. The molecule has 0 bridgehead atoms. The topological polar surface area (TPSA) is 40.5 Å². The fourth-order valence-electron chi connectivity index (χ4n) is 1.98. The van der Waals surface area contributed by atoms with Crippen molar-refractivity contribution in [3.05, 3.63) is 35.9 Å². The van der Waals surface area contributed by atoms with Crippen molar-refractivity contribution >= 4 is 10.8 Å². The van der Waals surface area contributed by atoms with E-state index in [1.807, 2.05) is 18.2 Å². The average molecular weight is 216 g/mol. The Morgan fingerprint density at radius 2 is 1.81 bits per heavy atom. The molecule has 2 nitrogen and oxygen atoms in total. The molecule has 0 radical (unpaired) electrons. The predicted octanol–water partition coefficient (Wildman–Crippen LogP) is 3.59. The molecule has 2 heteroatoms. The summed E-state index contributed by atoms with van der Waals surface area (Å²) in [7, 11) is 0. The first-order chi connectivity index (χ1) is 7.74. The standard InChI is InChI=1S/C14H16O2/c1-2-3-5-10-6-4-7-12-11(10)8-9-13(15)14(12)16/h4,6-9,15-16H,2-3,5H2,1H3. The highest BCUT2D eigenvalue weighted by Gasteiger charge is 2.07. The largest absolute Gasteiger partial charge is 0.504 e. The summed E-state index contributed by atoms with van der Waals surface area (Å²) in [4.78, 5) is 0. The van der Waals surface area contributed by atoms with Crippen molar-refractivity contribution in [2.24, 2.45) is 0 Å². The summed E-state index contributed by atoms with van der Waals surface area (Å²) in [6.45, 7) is 2.16. The second kappa shape index (κ2) is 4.44. The SMILES string of the molecule is CCCCc1cccc2c(O)c(O)ccc12. The van der Waals surface area contributed by atoms with Crippen molar-refractivity contribution in [2.75, 3.05) is 0 Å². The fourth-order valence-corrected chi connectivity index (χ4v) is 1.98. The summed E-state index contributed by atoms with van der Waals surface area (Å²) in [6, 6.07) is 9.25. The summed E-state index contributed by atoms with van der Waals surface area (Å²) in [5.41, 5.74) is 1.23. The number of unbranched alkanes of at least 4 members (excludes halogenated alkanes) is 1. The number of hydrogen-bond donors (Lipinski definition) is 2. The van der Waals surface area contributed by atoms with Crippen molar-refractivity contribution in [3.8, 4) is 11.5 Å². The van der Waals surface area contributed by atoms with Crippen LogP contribution < -0.4 is 0 Å². The molecular formula is C14H16O2. The number of benzene rings is 2. The molecule has 2 aromatic carbocycles. The highest BCUT2D eigenvalue weighted by Crippen LogP contribution is 2.35. The molecule has 0 aromatic heterocycles. The number of aryl methyl sites for hydroxylation is 1. The maximum atomic E-state index is 9.76. The Kier molecular flexibility index (Phi) is 3.00. The van der Waals surface area contributed by atoms with Gasteiger partial charge < -0.3 is 10.2 Å². The summed E-state index contributed by atoms with van der Waals surface area (Å²) in [5.74, 6) is -0.0732. The van der Waals surface area contributed by atoms with Crippen LogP contribution in [0.3, 0.4) is 0 Å². The van der Waals surface area contributed by atoms with Gasteiger partial charge >= 0.3 is 0 Å². The molecule has 0 atom stereocenters. The minimum absolute atomic E-state index is 0.0177. The second-order valence-electron chi connectivity index (χ2n) is 4.05. The van der Waals surface area contributed by atoms with E-state index in [4.69, 9.17) is 0 Å². The molecule has 16 heavy (non-hydrogen) atoms. The number of fused-ring (bicyclic) bond motifs is 1.